The van der Waals surface area contributed by atoms with Gasteiger partial charge in [0.1, 0.15) is 16.5 Å². The lowest BCUT2D eigenvalue weighted by Crippen LogP contribution is -1.89. The average Bonchev–Trinajstić information content (AvgIpc) is 2.97. The van der Waals surface area contributed by atoms with Gasteiger partial charge in [0.05, 0.1) is 17.3 Å². The van der Waals surface area contributed by atoms with Gasteiger partial charge in [-0.2, -0.15) is 5.26 Å². The van der Waals surface area contributed by atoms with Crippen molar-refractivity contribution in [1.29, 1.82) is 5.26 Å². The van der Waals surface area contributed by atoms with Gasteiger partial charge in [-0.05, 0) is 25.1 Å². The minimum atomic E-state index is 0.649. The molecule has 0 N–H and O–H groups in total. The molecule has 1 aromatic carbocycles. The molecular weight excluding hydrogens is 268 g/mol. The van der Waals surface area contributed by atoms with Crippen molar-refractivity contribution in [2.24, 2.45) is 0 Å². The van der Waals surface area contributed by atoms with Crippen LogP contribution in [0.25, 0.3) is 22.0 Å². The number of hydrogen-bond acceptors (Lipinski definition) is 5. The second-order valence-corrected chi connectivity index (χ2v) is 5.07. The molecule has 0 radical (unpaired) electrons. The van der Waals surface area contributed by atoms with Crippen LogP contribution in [0.3, 0.4) is 0 Å². The van der Waals surface area contributed by atoms with Gasteiger partial charge >= 0.3 is 0 Å². The first-order chi connectivity index (χ1) is 9.76. The summed E-state index contributed by atoms with van der Waals surface area (Å²) in [7, 11) is 0. The zero-order chi connectivity index (χ0) is 13.9. The third-order valence-electron chi connectivity index (χ3n) is 2.81. The largest absolute Gasteiger partial charge is 0.242 e. The first-order valence-electron chi connectivity index (χ1n) is 6.02. The van der Waals surface area contributed by atoms with E-state index >= 15 is 0 Å². The van der Waals surface area contributed by atoms with Crippen molar-refractivity contribution in [2.45, 2.75) is 6.92 Å². The molecule has 0 aliphatic carbocycles. The highest BCUT2D eigenvalue weighted by Crippen LogP contribution is 2.27. The van der Waals surface area contributed by atoms with Crippen molar-refractivity contribution in [3.63, 3.8) is 0 Å². The number of benzene rings is 1. The third kappa shape index (κ3) is 2.42. The van der Waals surface area contributed by atoms with Gasteiger partial charge in [-0.15, -0.1) is 11.3 Å². The molecule has 0 bridgehead atoms. The molecule has 20 heavy (non-hydrogen) atoms. The first-order valence-corrected chi connectivity index (χ1v) is 6.90. The van der Waals surface area contributed by atoms with Gasteiger partial charge in [-0.1, -0.05) is 12.1 Å². The zero-order valence-electron chi connectivity index (χ0n) is 10.7. The average molecular weight is 278 g/mol. The topological polar surface area (TPSA) is 62.5 Å². The Hall–Kier alpha value is -2.58. The quantitative estimate of drug-likeness (QED) is 0.720. The van der Waals surface area contributed by atoms with E-state index in [1.165, 1.54) is 0 Å². The van der Waals surface area contributed by atoms with Crippen LogP contribution in [-0.4, -0.2) is 15.0 Å². The number of rotatable bonds is 2. The Bertz CT molecular complexity index is 784. The molecule has 0 saturated carbocycles. The molecule has 3 aromatic rings. The lowest BCUT2D eigenvalue weighted by molar-refractivity contribution is 1.06. The summed E-state index contributed by atoms with van der Waals surface area (Å²) in [6, 6.07) is 11.4. The van der Waals surface area contributed by atoms with E-state index in [0.29, 0.717) is 5.56 Å². The lowest BCUT2D eigenvalue weighted by atomic mass is 10.1. The predicted molar refractivity (Wildman–Crippen MR) is 78.0 cm³/mol. The van der Waals surface area contributed by atoms with E-state index < -0.39 is 0 Å². The molecule has 0 saturated heterocycles. The van der Waals surface area contributed by atoms with E-state index in [9.17, 15) is 0 Å². The molecule has 2 heterocycles. The van der Waals surface area contributed by atoms with Crippen molar-refractivity contribution < 1.29 is 0 Å². The summed E-state index contributed by atoms with van der Waals surface area (Å²) in [6.07, 6.45) is 1.74. The van der Waals surface area contributed by atoms with Crippen molar-refractivity contribution >= 4 is 11.3 Å². The van der Waals surface area contributed by atoms with Crippen molar-refractivity contribution in [3.05, 3.63) is 53.3 Å². The maximum Gasteiger partial charge on any atom is 0.142 e. The summed E-state index contributed by atoms with van der Waals surface area (Å²) in [5, 5.41) is 11.7. The van der Waals surface area contributed by atoms with Crippen LogP contribution < -0.4 is 0 Å². The first kappa shape index (κ1) is 12.5. The van der Waals surface area contributed by atoms with Crippen LogP contribution in [0.1, 0.15) is 11.4 Å². The van der Waals surface area contributed by atoms with E-state index in [0.717, 1.165) is 27.8 Å². The number of hydrogen-bond donors (Lipinski definition) is 0. The molecule has 2 aromatic heterocycles. The Kier molecular flexibility index (Phi) is 3.23. The van der Waals surface area contributed by atoms with E-state index in [1.807, 2.05) is 30.5 Å². The standard InChI is InChI=1S/C15H10N4S/c1-10-17-7-6-13(18-10)15-19-14(9-20-15)12-4-2-11(8-16)3-5-12/h2-7,9H,1H3. The van der Waals surface area contributed by atoms with Gasteiger partial charge in [-0.25, -0.2) is 15.0 Å². The number of thiazole rings is 1. The Morgan fingerprint density at radius 2 is 1.85 bits per heavy atom. The molecule has 0 amide bonds. The normalized spacial score (nSPS) is 10.2. The molecule has 0 atom stereocenters. The number of aryl methyl sites for hydroxylation is 1. The van der Waals surface area contributed by atoms with Crippen LogP contribution in [0.4, 0.5) is 0 Å². The molecule has 5 heteroatoms. The highest BCUT2D eigenvalue weighted by atomic mass is 32.1. The zero-order valence-corrected chi connectivity index (χ0v) is 11.6. The summed E-state index contributed by atoms with van der Waals surface area (Å²) in [5.74, 6) is 0.734. The van der Waals surface area contributed by atoms with Gasteiger partial charge in [0.2, 0.25) is 0 Å². The van der Waals surface area contributed by atoms with Crippen LogP contribution in [0, 0.1) is 18.3 Å². The summed E-state index contributed by atoms with van der Waals surface area (Å²) < 4.78 is 0. The molecule has 4 nitrogen and oxygen atoms in total. The monoisotopic (exact) mass is 278 g/mol. The van der Waals surface area contributed by atoms with Crippen LogP contribution in [0.15, 0.2) is 41.9 Å². The Labute approximate surface area is 120 Å². The minimum absolute atomic E-state index is 0.649. The van der Waals surface area contributed by atoms with Crippen LogP contribution >= 0.6 is 11.3 Å². The number of aromatic nitrogens is 3. The molecule has 96 valence electrons. The molecule has 3 rings (SSSR count). The highest BCUT2D eigenvalue weighted by Gasteiger charge is 2.08. The van der Waals surface area contributed by atoms with Gasteiger partial charge in [0.25, 0.3) is 0 Å². The maximum atomic E-state index is 8.80. The molecule has 0 aliphatic rings. The van der Waals surface area contributed by atoms with Crippen LogP contribution in [0.2, 0.25) is 0 Å². The van der Waals surface area contributed by atoms with E-state index in [1.54, 1.807) is 29.7 Å². The van der Waals surface area contributed by atoms with Gasteiger partial charge < -0.3 is 0 Å². The molecule has 0 fully saturated rings. The predicted octanol–water partition coefficient (Wildman–Crippen LogP) is 3.45. The number of nitrogens with zero attached hydrogens (tertiary/aromatic N) is 4. The molecule has 0 aliphatic heterocycles. The highest BCUT2D eigenvalue weighted by molar-refractivity contribution is 7.13. The summed E-state index contributed by atoms with van der Waals surface area (Å²) in [5.41, 5.74) is 3.38. The van der Waals surface area contributed by atoms with Gasteiger partial charge in [-0.3, -0.25) is 0 Å². The summed E-state index contributed by atoms with van der Waals surface area (Å²) >= 11 is 1.55. The van der Waals surface area contributed by atoms with Crippen LogP contribution in [-0.2, 0) is 0 Å². The van der Waals surface area contributed by atoms with E-state index in [2.05, 4.69) is 21.0 Å². The Morgan fingerprint density at radius 3 is 2.55 bits per heavy atom. The molecule has 0 spiro atoms. The second kappa shape index (κ2) is 5.19. The van der Waals surface area contributed by atoms with Crippen molar-refractivity contribution in [2.75, 3.05) is 0 Å². The van der Waals surface area contributed by atoms with E-state index in [-0.39, 0.29) is 0 Å². The second-order valence-electron chi connectivity index (χ2n) is 4.22. The summed E-state index contributed by atoms with van der Waals surface area (Å²) in [4.78, 5) is 13.0. The van der Waals surface area contributed by atoms with Gasteiger partial charge in [0, 0.05) is 17.1 Å². The maximum absolute atomic E-state index is 8.80. The Balaban J connectivity index is 1.95. The third-order valence-corrected chi connectivity index (χ3v) is 3.67. The summed E-state index contributed by atoms with van der Waals surface area (Å²) in [6.45, 7) is 1.86. The molecular formula is C15H10N4S. The SMILES string of the molecule is Cc1nccc(-c2nc(-c3ccc(C#N)cc3)cs2)n1. The lowest BCUT2D eigenvalue weighted by Gasteiger charge is -1.97. The van der Waals surface area contributed by atoms with Gasteiger partial charge in [0.15, 0.2) is 0 Å². The fraction of sp³-hybridized carbons (Fsp3) is 0.0667. The van der Waals surface area contributed by atoms with E-state index in [4.69, 9.17) is 5.26 Å². The fourth-order valence-electron chi connectivity index (χ4n) is 1.81. The fourth-order valence-corrected chi connectivity index (χ4v) is 2.61. The smallest absolute Gasteiger partial charge is 0.142 e. The Morgan fingerprint density at radius 1 is 1.05 bits per heavy atom. The van der Waals surface area contributed by atoms with Crippen LogP contribution in [0.5, 0.6) is 0 Å². The van der Waals surface area contributed by atoms with Crippen molar-refractivity contribution in [1.82, 2.24) is 15.0 Å². The minimum Gasteiger partial charge on any atom is -0.242 e. The molecule has 0 unspecified atom stereocenters. The van der Waals surface area contributed by atoms with Crippen molar-refractivity contribution in [3.8, 4) is 28.0 Å². The number of nitriles is 1.